The van der Waals surface area contributed by atoms with Crippen LogP contribution in [0.1, 0.15) is 53.9 Å². The number of esters is 3. The lowest BCUT2D eigenvalue weighted by atomic mass is 9.82. The molecule has 1 saturated heterocycles. The second-order valence-electron chi connectivity index (χ2n) is 7.72. The molecule has 0 aromatic carbocycles. The molecule has 0 saturated carbocycles. The Morgan fingerprint density at radius 3 is 2.54 bits per heavy atom. The van der Waals surface area contributed by atoms with E-state index in [-0.39, 0.29) is 23.8 Å². The highest BCUT2D eigenvalue weighted by atomic mass is 16.6. The molecule has 0 bridgehead atoms. The van der Waals surface area contributed by atoms with E-state index in [2.05, 4.69) is 6.58 Å². The Balaban J connectivity index is 2.35. The van der Waals surface area contributed by atoms with Crippen molar-refractivity contribution in [2.45, 2.75) is 72.2 Å². The number of carbonyl (C=O) groups is 3. The Bertz CT molecular complexity index is 717. The van der Waals surface area contributed by atoms with Crippen LogP contribution >= 0.6 is 0 Å². The Kier molecular flexibility index (Phi) is 7.22. The van der Waals surface area contributed by atoms with Crippen molar-refractivity contribution in [2.24, 2.45) is 11.8 Å². The number of hydrogen-bond donors (Lipinski definition) is 0. The van der Waals surface area contributed by atoms with Gasteiger partial charge in [0.1, 0.15) is 18.3 Å². The lowest BCUT2D eigenvalue weighted by molar-refractivity contribution is -0.149. The number of carbonyl (C=O) groups excluding carboxylic acids is 3. The van der Waals surface area contributed by atoms with Gasteiger partial charge in [0.15, 0.2) is 0 Å². The third kappa shape index (κ3) is 5.12. The quantitative estimate of drug-likeness (QED) is 0.317. The highest BCUT2D eigenvalue weighted by molar-refractivity contribution is 5.91. The molecule has 2 aliphatic rings. The van der Waals surface area contributed by atoms with E-state index in [1.165, 1.54) is 6.92 Å². The molecule has 0 spiro atoms. The maximum absolute atomic E-state index is 12.3. The van der Waals surface area contributed by atoms with Gasteiger partial charge in [0.25, 0.3) is 0 Å². The van der Waals surface area contributed by atoms with Gasteiger partial charge in [-0.1, -0.05) is 19.6 Å². The topological polar surface area (TPSA) is 78.9 Å². The van der Waals surface area contributed by atoms with Crippen molar-refractivity contribution in [3.05, 3.63) is 35.5 Å². The summed E-state index contributed by atoms with van der Waals surface area (Å²) in [5.41, 5.74) is 1.77. The van der Waals surface area contributed by atoms with E-state index in [4.69, 9.17) is 14.2 Å². The summed E-state index contributed by atoms with van der Waals surface area (Å²) in [6, 6.07) is 0. The number of fused-ring (bicyclic) bond motifs is 1. The largest absolute Gasteiger partial charge is 0.459 e. The molecule has 28 heavy (non-hydrogen) atoms. The zero-order chi connectivity index (χ0) is 21.0. The second kappa shape index (κ2) is 9.22. The maximum atomic E-state index is 12.3. The first kappa shape index (κ1) is 21.9. The normalized spacial score (nSPS) is 33.2. The van der Waals surface area contributed by atoms with Crippen molar-refractivity contribution in [1.82, 2.24) is 0 Å². The van der Waals surface area contributed by atoms with Crippen LogP contribution in [0.4, 0.5) is 0 Å². The van der Waals surface area contributed by atoms with E-state index in [9.17, 15) is 14.4 Å². The molecule has 1 aliphatic carbocycles. The molecule has 0 amide bonds. The van der Waals surface area contributed by atoms with Crippen LogP contribution in [0, 0.1) is 11.8 Å². The summed E-state index contributed by atoms with van der Waals surface area (Å²) in [4.78, 5) is 36.0. The first-order valence-corrected chi connectivity index (χ1v) is 9.73. The molecular weight excluding hydrogens is 360 g/mol. The first-order chi connectivity index (χ1) is 13.1. The summed E-state index contributed by atoms with van der Waals surface area (Å²) in [5.74, 6) is -1.44. The van der Waals surface area contributed by atoms with E-state index in [1.807, 2.05) is 19.9 Å². The summed E-state index contributed by atoms with van der Waals surface area (Å²) >= 11 is 0. The van der Waals surface area contributed by atoms with Crippen LogP contribution in [0.2, 0.25) is 0 Å². The fourth-order valence-corrected chi connectivity index (χ4v) is 3.60. The van der Waals surface area contributed by atoms with E-state index in [0.717, 1.165) is 5.57 Å². The fraction of sp³-hybridized carbons (Fsp3) is 0.591. The van der Waals surface area contributed by atoms with Crippen LogP contribution in [0.5, 0.6) is 0 Å². The van der Waals surface area contributed by atoms with Crippen LogP contribution in [0.15, 0.2) is 35.5 Å². The number of ether oxygens (including phenoxy) is 3. The third-order valence-electron chi connectivity index (χ3n) is 5.61. The summed E-state index contributed by atoms with van der Waals surface area (Å²) < 4.78 is 16.7. The fourth-order valence-electron chi connectivity index (χ4n) is 3.60. The van der Waals surface area contributed by atoms with Gasteiger partial charge >= 0.3 is 17.9 Å². The molecule has 6 nitrogen and oxygen atoms in total. The molecular formula is C22H30O6. The van der Waals surface area contributed by atoms with Crippen molar-refractivity contribution in [1.29, 1.82) is 0 Å². The molecule has 0 N–H and O–H groups in total. The van der Waals surface area contributed by atoms with Gasteiger partial charge in [-0.25, -0.2) is 9.59 Å². The molecule has 0 aromatic heterocycles. The Hall–Kier alpha value is -2.37. The minimum Gasteiger partial charge on any atom is -0.459 e. The molecule has 1 heterocycles. The molecule has 0 unspecified atom stereocenters. The monoisotopic (exact) mass is 390 g/mol. The van der Waals surface area contributed by atoms with Crippen LogP contribution in [-0.2, 0) is 28.6 Å². The van der Waals surface area contributed by atoms with E-state index in [1.54, 1.807) is 19.9 Å². The molecule has 2 rings (SSSR count). The maximum Gasteiger partial charge on any atom is 0.334 e. The van der Waals surface area contributed by atoms with Gasteiger partial charge in [-0.15, -0.1) is 0 Å². The molecule has 0 radical (unpaired) electrons. The van der Waals surface area contributed by atoms with Crippen molar-refractivity contribution in [3.63, 3.8) is 0 Å². The Morgan fingerprint density at radius 1 is 1.25 bits per heavy atom. The third-order valence-corrected chi connectivity index (χ3v) is 5.61. The lowest BCUT2D eigenvalue weighted by Crippen LogP contribution is -2.33. The Morgan fingerprint density at radius 2 is 1.93 bits per heavy atom. The standard InChI is InChI=1S/C22H30O6/c1-7-12(2)21(24)27-19-11-17-15(5)22(25)28-20(17)10-14(4)18(26-16(6)23)9-8-13(19)3/h7,10,13,17-20H,5,8-9,11H2,1-4,6H3/b12-7-,14-10+/t13-,17+,18+,19+,20-/m1/s1. The minimum atomic E-state index is -0.507. The molecule has 5 atom stereocenters. The molecule has 6 heteroatoms. The van der Waals surface area contributed by atoms with Gasteiger partial charge in [-0.05, 0) is 57.6 Å². The van der Waals surface area contributed by atoms with Crippen molar-refractivity contribution in [3.8, 4) is 0 Å². The predicted molar refractivity (Wildman–Crippen MR) is 104 cm³/mol. The average molecular weight is 390 g/mol. The number of hydrogen-bond acceptors (Lipinski definition) is 6. The van der Waals surface area contributed by atoms with Crippen molar-refractivity contribution < 1.29 is 28.6 Å². The van der Waals surface area contributed by atoms with Crippen LogP contribution < -0.4 is 0 Å². The zero-order valence-corrected chi connectivity index (χ0v) is 17.3. The first-order valence-electron chi connectivity index (χ1n) is 9.73. The highest BCUT2D eigenvalue weighted by Gasteiger charge is 2.41. The second-order valence-corrected chi connectivity index (χ2v) is 7.72. The van der Waals surface area contributed by atoms with Crippen molar-refractivity contribution >= 4 is 17.9 Å². The van der Waals surface area contributed by atoms with Crippen molar-refractivity contribution in [2.75, 3.05) is 0 Å². The lowest BCUT2D eigenvalue weighted by Gasteiger charge is -2.30. The van der Waals surface area contributed by atoms with E-state index >= 15 is 0 Å². The van der Waals surface area contributed by atoms with E-state index in [0.29, 0.717) is 30.4 Å². The summed E-state index contributed by atoms with van der Waals surface area (Å²) in [7, 11) is 0. The summed E-state index contributed by atoms with van der Waals surface area (Å²) in [6.07, 6.45) is 4.00. The van der Waals surface area contributed by atoms with Gasteiger partial charge in [0.05, 0.1) is 0 Å². The smallest absolute Gasteiger partial charge is 0.334 e. The van der Waals surface area contributed by atoms with Crippen LogP contribution in [-0.4, -0.2) is 36.2 Å². The summed E-state index contributed by atoms with van der Waals surface area (Å²) in [5, 5.41) is 0. The predicted octanol–water partition coefficient (Wildman–Crippen LogP) is 3.66. The Labute approximate surface area is 166 Å². The molecule has 1 aliphatic heterocycles. The molecule has 0 aromatic rings. The van der Waals surface area contributed by atoms with E-state index < -0.39 is 24.3 Å². The van der Waals surface area contributed by atoms with Crippen LogP contribution in [0.25, 0.3) is 0 Å². The van der Waals surface area contributed by atoms with Gasteiger partial charge in [-0.3, -0.25) is 4.79 Å². The van der Waals surface area contributed by atoms with Gasteiger partial charge in [-0.2, -0.15) is 0 Å². The zero-order valence-electron chi connectivity index (χ0n) is 17.3. The minimum absolute atomic E-state index is 0.0155. The van der Waals surface area contributed by atoms with Gasteiger partial charge < -0.3 is 14.2 Å². The summed E-state index contributed by atoms with van der Waals surface area (Å²) in [6.45, 7) is 12.6. The van der Waals surface area contributed by atoms with Gasteiger partial charge in [0.2, 0.25) is 0 Å². The average Bonchev–Trinajstić information content (AvgIpc) is 2.89. The number of allylic oxidation sites excluding steroid dienone is 1. The highest BCUT2D eigenvalue weighted by Crippen LogP contribution is 2.37. The molecule has 1 fully saturated rings. The SMILES string of the molecule is C=C1C(=O)O[C@@H]2/C=C(\C)[C@@H](OC(C)=O)CC[C@@H](C)[C@@H](OC(=O)/C(C)=C\C)C[C@@H]12. The van der Waals surface area contributed by atoms with Crippen LogP contribution in [0.3, 0.4) is 0 Å². The van der Waals surface area contributed by atoms with Gasteiger partial charge in [0, 0.05) is 24.0 Å². The molecule has 154 valence electrons. The number of rotatable bonds is 3.